The molecular weight excluding hydrogens is 396 g/mol. The van der Waals surface area contributed by atoms with E-state index in [2.05, 4.69) is 9.88 Å². The molecule has 0 radical (unpaired) electrons. The van der Waals surface area contributed by atoms with Crippen LogP contribution in [0.3, 0.4) is 0 Å². The Morgan fingerprint density at radius 1 is 0.964 bits per heavy atom. The molecule has 3 aromatic rings. The molecule has 148 valence electrons. The van der Waals surface area contributed by atoms with Gasteiger partial charge in [-0.1, -0.05) is 11.6 Å². The summed E-state index contributed by atoms with van der Waals surface area (Å²) in [5, 5.41) is 0.00558. The van der Waals surface area contributed by atoms with E-state index in [4.69, 9.17) is 11.6 Å². The topological polar surface area (TPSA) is 23.8 Å². The third-order valence-corrected chi connectivity index (χ3v) is 5.47. The van der Waals surface area contributed by atoms with Crippen LogP contribution >= 0.6 is 11.6 Å². The molecule has 4 nitrogen and oxygen atoms in total. The summed E-state index contributed by atoms with van der Waals surface area (Å²) in [5.41, 5.74) is 0.447. The highest BCUT2D eigenvalue weighted by atomic mass is 35.5. The Morgan fingerprint density at radius 2 is 1.57 bits per heavy atom. The Morgan fingerprint density at radius 3 is 2.18 bits per heavy atom. The van der Waals surface area contributed by atoms with E-state index in [0.717, 1.165) is 11.9 Å². The van der Waals surface area contributed by atoms with Crippen molar-refractivity contribution in [3.8, 4) is 0 Å². The van der Waals surface area contributed by atoms with E-state index in [0.29, 0.717) is 37.6 Å². The number of alkyl halides is 3. The number of benzene rings is 1. The highest BCUT2D eigenvalue weighted by Crippen LogP contribution is 2.36. The van der Waals surface area contributed by atoms with Crippen molar-refractivity contribution in [2.45, 2.75) is 13.1 Å². The number of nitrogens with zero attached hydrogens (tertiary/aromatic N) is 4. The number of anilines is 2. The van der Waals surface area contributed by atoms with Crippen LogP contribution in [0.5, 0.6) is 0 Å². The molecule has 0 aliphatic carbocycles. The largest absolute Gasteiger partial charge is 0.418 e. The van der Waals surface area contributed by atoms with Gasteiger partial charge in [0.05, 0.1) is 16.8 Å². The van der Waals surface area contributed by atoms with Gasteiger partial charge in [0.25, 0.3) is 0 Å². The molecule has 0 amide bonds. The normalized spacial score (nSPS) is 15.5. The van der Waals surface area contributed by atoms with Crippen molar-refractivity contribution in [3.63, 3.8) is 0 Å². The summed E-state index contributed by atoms with van der Waals surface area (Å²) in [6.45, 7) is 4.02. The molecule has 1 aromatic carbocycles. The number of piperazine rings is 1. The molecule has 1 aliphatic rings. The second kappa shape index (κ2) is 6.84. The quantitative estimate of drug-likeness (QED) is 0.566. The Balaban J connectivity index is 1.57. The minimum absolute atomic E-state index is 0.00558. The molecular formula is C19H17ClF4N4. The first kappa shape index (κ1) is 18.9. The number of halogens is 5. The lowest BCUT2D eigenvalue weighted by Gasteiger charge is -2.36. The van der Waals surface area contributed by atoms with Crippen LogP contribution in [0.2, 0.25) is 5.02 Å². The van der Waals surface area contributed by atoms with E-state index in [-0.39, 0.29) is 16.4 Å². The maximum Gasteiger partial charge on any atom is 0.418 e. The van der Waals surface area contributed by atoms with Crippen LogP contribution < -0.4 is 9.80 Å². The van der Waals surface area contributed by atoms with Gasteiger partial charge in [0.2, 0.25) is 0 Å². The lowest BCUT2D eigenvalue weighted by molar-refractivity contribution is -0.138. The van der Waals surface area contributed by atoms with Gasteiger partial charge >= 0.3 is 6.18 Å². The van der Waals surface area contributed by atoms with Crippen molar-refractivity contribution in [2.75, 3.05) is 36.0 Å². The first-order chi connectivity index (χ1) is 13.2. The summed E-state index contributed by atoms with van der Waals surface area (Å²) in [6, 6.07) is 6.31. The zero-order valence-electron chi connectivity index (χ0n) is 15.0. The van der Waals surface area contributed by atoms with Gasteiger partial charge in [-0.2, -0.15) is 13.2 Å². The Hall–Kier alpha value is -2.48. The Bertz CT molecular complexity index is 1010. The average molecular weight is 413 g/mol. The maximum absolute atomic E-state index is 13.2. The summed E-state index contributed by atoms with van der Waals surface area (Å²) >= 11 is 6.16. The Labute approximate surface area is 163 Å². The van der Waals surface area contributed by atoms with E-state index in [9.17, 15) is 17.6 Å². The fraction of sp³-hybridized carbons (Fsp3) is 0.316. The van der Waals surface area contributed by atoms with E-state index in [1.165, 1.54) is 23.5 Å². The summed E-state index contributed by atoms with van der Waals surface area (Å²) in [5.74, 6) is 0.303. The molecule has 0 saturated carbocycles. The molecule has 4 rings (SSSR count). The predicted octanol–water partition coefficient (Wildman–Crippen LogP) is 4.78. The number of pyridine rings is 1. The molecule has 0 atom stereocenters. The molecule has 1 aliphatic heterocycles. The molecule has 2 aromatic heterocycles. The molecule has 1 saturated heterocycles. The zero-order valence-corrected chi connectivity index (χ0v) is 15.7. The van der Waals surface area contributed by atoms with Crippen LogP contribution in [-0.4, -0.2) is 35.6 Å². The van der Waals surface area contributed by atoms with Crippen LogP contribution in [0, 0.1) is 12.7 Å². The lowest BCUT2D eigenvalue weighted by Crippen LogP contribution is -2.46. The third-order valence-electron chi connectivity index (χ3n) is 5.02. The van der Waals surface area contributed by atoms with Crippen molar-refractivity contribution in [1.82, 2.24) is 9.38 Å². The zero-order chi connectivity index (χ0) is 20.1. The second-order valence-corrected chi connectivity index (χ2v) is 7.14. The van der Waals surface area contributed by atoms with Crippen molar-refractivity contribution in [2.24, 2.45) is 0 Å². The molecule has 0 unspecified atom stereocenters. The number of imidazole rings is 1. The van der Waals surface area contributed by atoms with Gasteiger partial charge in [0.1, 0.15) is 11.6 Å². The van der Waals surface area contributed by atoms with Crippen molar-refractivity contribution < 1.29 is 17.6 Å². The standard InChI is InChI=1S/C19H17ClF4N4/c1-12-15(19(22,23)24)10-28-11-16(25-18(28)17(12)20)27-8-6-26(7-9-27)14-4-2-13(21)3-5-14/h2-5,10-11H,6-9H2,1H3. The predicted molar refractivity (Wildman–Crippen MR) is 101 cm³/mol. The molecule has 0 N–H and O–H groups in total. The van der Waals surface area contributed by atoms with E-state index in [1.54, 1.807) is 18.3 Å². The number of aromatic nitrogens is 2. The van der Waals surface area contributed by atoms with E-state index in [1.807, 2.05) is 4.90 Å². The summed E-state index contributed by atoms with van der Waals surface area (Å²) in [4.78, 5) is 8.59. The van der Waals surface area contributed by atoms with Gasteiger partial charge in [-0.3, -0.25) is 0 Å². The van der Waals surface area contributed by atoms with Crippen LogP contribution in [-0.2, 0) is 6.18 Å². The average Bonchev–Trinajstić information content (AvgIpc) is 3.09. The highest BCUT2D eigenvalue weighted by molar-refractivity contribution is 6.34. The monoisotopic (exact) mass is 412 g/mol. The molecule has 0 bridgehead atoms. The third kappa shape index (κ3) is 3.37. The van der Waals surface area contributed by atoms with Crippen LogP contribution in [0.1, 0.15) is 11.1 Å². The second-order valence-electron chi connectivity index (χ2n) is 6.76. The van der Waals surface area contributed by atoms with Gasteiger partial charge in [0.15, 0.2) is 5.65 Å². The van der Waals surface area contributed by atoms with Crippen molar-refractivity contribution >= 4 is 28.8 Å². The Kier molecular flexibility index (Phi) is 4.61. The van der Waals surface area contributed by atoms with Gasteiger partial charge < -0.3 is 14.2 Å². The van der Waals surface area contributed by atoms with Crippen LogP contribution in [0.15, 0.2) is 36.7 Å². The molecule has 3 heterocycles. The smallest absolute Gasteiger partial charge is 0.368 e. The first-order valence-corrected chi connectivity index (χ1v) is 9.12. The minimum atomic E-state index is -4.48. The van der Waals surface area contributed by atoms with Crippen molar-refractivity contribution in [1.29, 1.82) is 0 Å². The fourth-order valence-corrected chi connectivity index (χ4v) is 3.69. The van der Waals surface area contributed by atoms with Crippen molar-refractivity contribution in [3.05, 3.63) is 58.6 Å². The first-order valence-electron chi connectivity index (χ1n) is 8.74. The molecule has 9 heteroatoms. The van der Waals surface area contributed by atoms with Crippen LogP contribution in [0.4, 0.5) is 29.1 Å². The van der Waals surface area contributed by atoms with Crippen LogP contribution in [0.25, 0.3) is 5.65 Å². The van der Waals surface area contributed by atoms with E-state index >= 15 is 0 Å². The SMILES string of the molecule is Cc1c(C(F)(F)F)cn2cc(N3CCN(c4ccc(F)cc4)CC3)nc2c1Cl. The van der Waals surface area contributed by atoms with Gasteiger partial charge in [-0.15, -0.1) is 0 Å². The van der Waals surface area contributed by atoms with Gasteiger partial charge in [-0.05, 0) is 36.8 Å². The fourth-order valence-electron chi connectivity index (χ4n) is 3.45. The maximum atomic E-state index is 13.2. The number of hydrogen-bond donors (Lipinski definition) is 0. The summed E-state index contributed by atoms with van der Waals surface area (Å²) < 4.78 is 54.1. The summed E-state index contributed by atoms with van der Waals surface area (Å²) in [7, 11) is 0. The van der Waals surface area contributed by atoms with Gasteiger partial charge in [0, 0.05) is 38.1 Å². The number of rotatable bonds is 2. The van der Waals surface area contributed by atoms with E-state index < -0.39 is 11.7 Å². The lowest BCUT2D eigenvalue weighted by atomic mass is 10.1. The molecule has 1 fully saturated rings. The number of hydrogen-bond acceptors (Lipinski definition) is 3. The minimum Gasteiger partial charge on any atom is -0.368 e. The summed E-state index contributed by atoms with van der Waals surface area (Å²) in [6.07, 6.45) is -1.88. The number of fused-ring (bicyclic) bond motifs is 1. The molecule has 0 spiro atoms. The highest BCUT2D eigenvalue weighted by Gasteiger charge is 2.34. The van der Waals surface area contributed by atoms with Gasteiger partial charge in [-0.25, -0.2) is 9.37 Å². The molecule has 28 heavy (non-hydrogen) atoms.